The van der Waals surface area contributed by atoms with Gasteiger partial charge in [0.25, 0.3) is 0 Å². The van der Waals surface area contributed by atoms with Gasteiger partial charge in [-0.05, 0) is 18.6 Å². The topological polar surface area (TPSA) is 46.9 Å². The highest BCUT2D eigenvalue weighted by atomic mass is 16.1. The fourth-order valence-electron chi connectivity index (χ4n) is 2.33. The summed E-state index contributed by atoms with van der Waals surface area (Å²) in [6.45, 7) is 1.04. The molecule has 0 unspecified atom stereocenters. The number of fused-ring (bicyclic) bond motifs is 1. The molecular weight excluding hydrogens is 214 g/mol. The Morgan fingerprint density at radius 2 is 2.35 bits per heavy atom. The maximum atomic E-state index is 10.4. The Labute approximate surface area is 99.3 Å². The molecule has 17 heavy (non-hydrogen) atoms. The SMILES string of the molecule is O=CNc1cccc(-c2cnc3n2CCC3)c1. The fourth-order valence-corrected chi connectivity index (χ4v) is 2.33. The zero-order valence-corrected chi connectivity index (χ0v) is 9.39. The van der Waals surface area contributed by atoms with Gasteiger partial charge in [0.1, 0.15) is 5.82 Å². The second kappa shape index (κ2) is 4.05. The number of carbonyl (C=O) groups is 1. The molecular formula is C13H13N3O. The Balaban J connectivity index is 2.03. The fraction of sp³-hybridized carbons (Fsp3) is 0.231. The number of amides is 1. The van der Waals surface area contributed by atoms with Crippen LogP contribution in [0.1, 0.15) is 12.2 Å². The van der Waals surface area contributed by atoms with E-state index >= 15 is 0 Å². The van der Waals surface area contributed by atoms with Crippen LogP contribution in [0.25, 0.3) is 11.3 Å². The van der Waals surface area contributed by atoms with Crippen molar-refractivity contribution in [3.63, 3.8) is 0 Å². The van der Waals surface area contributed by atoms with Crippen molar-refractivity contribution < 1.29 is 4.79 Å². The molecule has 0 saturated heterocycles. The summed E-state index contributed by atoms with van der Waals surface area (Å²) in [6.07, 6.45) is 4.84. The Hall–Kier alpha value is -2.10. The van der Waals surface area contributed by atoms with Crippen LogP contribution in [0.3, 0.4) is 0 Å². The van der Waals surface area contributed by atoms with E-state index < -0.39 is 0 Å². The van der Waals surface area contributed by atoms with E-state index in [0.29, 0.717) is 6.41 Å². The van der Waals surface area contributed by atoms with E-state index in [9.17, 15) is 4.79 Å². The minimum atomic E-state index is 0.694. The monoisotopic (exact) mass is 227 g/mol. The van der Waals surface area contributed by atoms with Gasteiger partial charge in [-0.3, -0.25) is 4.79 Å². The first-order chi connectivity index (χ1) is 8.38. The lowest BCUT2D eigenvalue weighted by Gasteiger charge is -2.06. The van der Waals surface area contributed by atoms with Gasteiger partial charge in [0, 0.05) is 24.2 Å². The maximum absolute atomic E-state index is 10.4. The first-order valence-electron chi connectivity index (χ1n) is 5.73. The van der Waals surface area contributed by atoms with Gasteiger partial charge in [-0.1, -0.05) is 12.1 Å². The van der Waals surface area contributed by atoms with Crippen molar-refractivity contribution in [3.8, 4) is 11.3 Å². The summed E-state index contributed by atoms with van der Waals surface area (Å²) in [4.78, 5) is 14.9. The minimum absolute atomic E-state index is 0.694. The highest BCUT2D eigenvalue weighted by Crippen LogP contribution is 2.27. The number of anilines is 1. The number of benzene rings is 1. The Morgan fingerprint density at radius 3 is 3.24 bits per heavy atom. The molecule has 0 aliphatic carbocycles. The molecule has 0 atom stereocenters. The molecule has 1 aliphatic rings. The lowest BCUT2D eigenvalue weighted by atomic mass is 10.1. The predicted molar refractivity (Wildman–Crippen MR) is 65.7 cm³/mol. The van der Waals surface area contributed by atoms with E-state index in [1.54, 1.807) is 0 Å². The number of nitrogens with zero attached hydrogens (tertiary/aromatic N) is 2. The molecule has 3 rings (SSSR count). The van der Waals surface area contributed by atoms with Gasteiger partial charge in [-0.2, -0.15) is 0 Å². The molecule has 86 valence electrons. The van der Waals surface area contributed by atoms with Crippen LogP contribution < -0.4 is 5.32 Å². The van der Waals surface area contributed by atoms with Crippen molar-refractivity contribution in [2.45, 2.75) is 19.4 Å². The summed E-state index contributed by atoms with van der Waals surface area (Å²) in [5.74, 6) is 1.16. The van der Waals surface area contributed by atoms with Crippen molar-refractivity contribution in [1.82, 2.24) is 9.55 Å². The normalized spacial score (nSPS) is 13.4. The molecule has 2 heterocycles. The molecule has 0 bridgehead atoms. The number of rotatable bonds is 3. The minimum Gasteiger partial charge on any atom is -0.329 e. The Kier molecular flexibility index (Phi) is 2.40. The van der Waals surface area contributed by atoms with E-state index in [1.165, 1.54) is 6.42 Å². The lowest BCUT2D eigenvalue weighted by molar-refractivity contribution is -0.105. The smallest absolute Gasteiger partial charge is 0.211 e. The van der Waals surface area contributed by atoms with Gasteiger partial charge in [0.15, 0.2) is 0 Å². The third-order valence-electron chi connectivity index (χ3n) is 3.10. The van der Waals surface area contributed by atoms with Crippen molar-refractivity contribution >= 4 is 12.1 Å². The Morgan fingerprint density at radius 1 is 1.41 bits per heavy atom. The van der Waals surface area contributed by atoms with Crippen molar-refractivity contribution in [1.29, 1.82) is 0 Å². The third-order valence-corrected chi connectivity index (χ3v) is 3.10. The average molecular weight is 227 g/mol. The number of imidazole rings is 1. The molecule has 0 radical (unpaired) electrons. The molecule has 0 saturated carbocycles. The molecule has 4 nitrogen and oxygen atoms in total. The Bertz CT molecular complexity index is 560. The second-order valence-electron chi connectivity index (χ2n) is 4.16. The highest BCUT2D eigenvalue weighted by molar-refractivity contribution is 5.75. The molecule has 1 aliphatic heterocycles. The van der Waals surface area contributed by atoms with Crippen molar-refractivity contribution in [3.05, 3.63) is 36.3 Å². The van der Waals surface area contributed by atoms with Crippen LogP contribution in [-0.2, 0) is 17.8 Å². The summed E-state index contributed by atoms with van der Waals surface area (Å²) >= 11 is 0. The van der Waals surface area contributed by atoms with Gasteiger partial charge in [0.2, 0.25) is 6.41 Å². The molecule has 1 amide bonds. The van der Waals surface area contributed by atoms with Crippen molar-refractivity contribution in [2.75, 3.05) is 5.32 Å². The third kappa shape index (κ3) is 1.71. The molecule has 2 aromatic rings. The van der Waals surface area contributed by atoms with E-state index in [0.717, 1.165) is 35.7 Å². The molecule has 1 aromatic carbocycles. The van der Waals surface area contributed by atoms with Crippen molar-refractivity contribution in [2.24, 2.45) is 0 Å². The van der Waals surface area contributed by atoms with E-state index in [1.807, 2.05) is 30.5 Å². The summed E-state index contributed by atoms with van der Waals surface area (Å²) in [5, 5.41) is 2.67. The van der Waals surface area contributed by atoms with Gasteiger partial charge in [-0.25, -0.2) is 4.98 Å². The predicted octanol–water partition coefficient (Wildman–Crippen LogP) is 2.06. The summed E-state index contributed by atoms with van der Waals surface area (Å²) in [5.41, 5.74) is 3.04. The molecule has 1 N–H and O–H groups in total. The first-order valence-corrected chi connectivity index (χ1v) is 5.73. The molecule has 4 heteroatoms. The van der Waals surface area contributed by atoms with Gasteiger partial charge < -0.3 is 9.88 Å². The van der Waals surface area contributed by atoms with Crippen LogP contribution in [0.15, 0.2) is 30.5 Å². The van der Waals surface area contributed by atoms with E-state index in [-0.39, 0.29) is 0 Å². The zero-order valence-electron chi connectivity index (χ0n) is 9.39. The van der Waals surface area contributed by atoms with Crippen LogP contribution >= 0.6 is 0 Å². The molecule has 0 fully saturated rings. The van der Waals surface area contributed by atoms with E-state index in [2.05, 4.69) is 14.9 Å². The lowest BCUT2D eigenvalue weighted by Crippen LogP contribution is -1.97. The maximum Gasteiger partial charge on any atom is 0.211 e. The van der Waals surface area contributed by atoms with Gasteiger partial charge in [0.05, 0.1) is 11.9 Å². The summed E-state index contributed by atoms with van der Waals surface area (Å²) < 4.78 is 2.25. The van der Waals surface area contributed by atoms with Crippen LogP contribution in [0, 0.1) is 0 Å². The van der Waals surface area contributed by atoms with Crippen LogP contribution in [0.2, 0.25) is 0 Å². The largest absolute Gasteiger partial charge is 0.329 e. The zero-order chi connectivity index (χ0) is 11.7. The quantitative estimate of drug-likeness (QED) is 0.816. The summed E-state index contributed by atoms with van der Waals surface area (Å²) in [6, 6.07) is 7.82. The number of nitrogens with one attached hydrogen (secondary N) is 1. The molecule has 0 spiro atoms. The highest BCUT2D eigenvalue weighted by Gasteiger charge is 2.16. The number of hydrogen-bond acceptors (Lipinski definition) is 2. The number of carbonyl (C=O) groups excluding carboxylic acids is 1. The van der Waals surface area contributed by atoms with Crippen LogP contribution in [0.5, 0.6) is 0 Å². The van der Waals surface area contributed by atoms with Crippen LogP contribution in [0.4, 0.5) is 5.69 Å². The number of hydrogen-bond donors (Lipinski definition) is 1. The second-order valence-corrected chi connectivity index (χ2v) is 4.16. The van der Waals surface area contributed by atoms with Gasteiger partial charge in [-0.15, -0.1) is 0 Å². The van der Waals surface area contributed by atoms with Gasteiger partial charge >= 0.3 is 0 Å². The molecule has 1 aromatic heterocycles. The number of aryl methyl sites for hydroxylation is 1. The van der Waals surface area contributed by atoms with Crippen LogP contribution in [-0.4, -0.2) is 16.0 Å². The summed E-state index contributed by atoms with van der Waals surface area (Å²) in [7, 11) is 0. The first kappa shape index (κ1) is 10.1. The number of aromatic nitrogens is 2. The standard InChI is InChI=1S/C13H13N3O/c17-9-15-11-4-1-3-10(7-11)12-8-14-13-5-2-6-16(12)13/h1,3-4,7-9H,2,5-6H2,(H,15,17). The van der Waals surface area contributed by atoms with E-state index in [4.69, 9.17) is 0 Å². The average Bonchev–Trinajstić information content (AvgIpc) is 2.91.